The van der Waals surface area contributed by atoms with Crippen LogP contribution in [0.1, 0.15) is 25.0 Å². The summed E-state index contributed by atoms with van der Waals surface area (Å²) < 4.78 is 44.7. The molecule has 3 N–H and O–H groups in total. The molecule has 0 aliphatic carbocycles. The lowest BCUT2D eigenvalue weighted by Gasteiger charge is -2.36. The molecular weight excluding hydrogens is 371 g/mol. The lowest BCUT2D eigenvalue weighted by atomic mass is 9.82. The fraction of sp³-hybridized carbons (Fsp3) is 0.211. The van der Waals surface area contributed by atoms with Crippen LogP contribution in [-0.4, -0.2) is 26.2 Å². The van der Waals surface area contributed by atoms with Crippen molar-refractivity contribution in [1.82, 2.24) is 0 Å². The highest BCUT2D eigenvalue weighted by molar-refractivity contribution is 7.92. The number of hydrogen-bond donors (Lipinski definition) is 2. The molecule has 27 heavy (non-hydrogen) atoms. The Kier molecular flexibility index (Phi) is 4.47. The number of benzene rings is 2. The van der Waals surface area contributed by atoms with Crippen molar-refractivity contribution in [2.75, 3.05) is 11.0 Å². The highest BCUT2D eigenvalue weighted by atomic mass is 32.2. The van der Waals surface area contributed by atoms with Crippen LogP contribution in [0.5, 0.6) is 5.75 Å². The zero-order chi connectivity index (χ0) is 20.0. The number of primary amides is 1. The minimum atomic E-state index is -3.46. The van der Waals surface area contributed by atoms with Crippen LogP contribution in [0, 0.1) is 5.82 Å². The third-order valence-electron chi connectivity index (χ3n) is 4.15. The van der Waals surface area contributed by atoms with E-state index in [1.54, 1.807) is 44.2 Å². The molecule has 2 aromatic carbocycles. The van der Waals surface area contributed by atoms with E-state index in [-0.39, 0.29) is 5.57 Å². The van der Waals surface area contributed by atoms with Crippen LogP contribution in [0.25, 0.3) is 5.57 Å². The maximum atomic E-state index is 13.4. The number of sulfonamides is 1. The smallest absolute Gasteiger partial charge is 0.249 e. The number of anilines is 1. The number of carbonyl (C=O) groups is 1. The van der Waals surface area contributed by atoms with Gasteiger partial charge in [-0.25, -0.2) is 12.8 Å². The van der Waals surface area contributed by atoms with Crippen molar-refractivity contribution in [2.45, 2.75) is 19.4 Å². The molecule has 6 nitrogen and oxygen atoms in total. The molecule has 8 heteroatoms. The molecule has 1 aliphatic rings. The average Bonchev–Trinajstić information content (AvgIpc) is 2.51. The largest absolute Gasteiger partial charge is 0.482 e. The molecule has 3 rings (SSSR count). The van der Waals surface area contributed by atoms with E-state index >= 15 is 0 Å². The zero-order valence-electron chi connectivity index (χ0n) is 15.0. The number of nitrogens with two attached hydrogens (primary N) is 1. The molecule has 0 fully saturated rings. The third-order valence-corrected chi connectivity index (χ3v) is 4.76. The summed E-state index contributed by atoms with van der Waals surface area (Å²) in [7, 11) is -3.46. The van der Waals surface area contributed by atoms with Gasteiger partial charge in [0.2, 0.25) is 15.9 Å². The van der Waals surface area contributed by atoms with E-state index in [2.05, 4.69) is 4.72 Å². The van der Waals surface area contributed by atoms with Gasteiger partial charge in [0.1, 0.15) is 17.2 Å². The second-order valence-electron chi connectivity index (χ2n) is 6.82. The predicted molar refractivity (Wildman–Crippen MR) is 101 cm³/mol. The Bertz CT molecular complexity index is 1060. The van der Waals surface area contributed by atoms with Crippen molar-refractivity contribution >= 4 is 27.2 Å². The third kappa shape index (κ3) is 3.80. The quantitative estimate of drug-likeness (QED) is 0.838. The number of halogens is 1. The number of hydrogen-bond acceptors (Lipinski definition) is 4. The summed E-state index contributed by atoms with van der Waals surface area (Å²) in [5.74, 6) is -0.666. The second-order valence-corrected chi connectivity index (χ2v) is 8.57. The first-order valence-electron chi connectivity index (χ1n) is 8.10. The van der Waals surface area contributed by atoms with E-state index in [4.69, 9.17) is 10.5 Å². The molecular formula is C19H19FN2O4S. The van der Waals surface area contributed by atoms with Crippen LogP contribution in [0.4, 0.5) is 10.1 Å². The molecule has 0 saturated heterocycles. The minimum Gasteiger partial charge on any atom is -0.482 e. The lowest BCUT2D eigenvalue weighted by Crippen LogP contribution is -2.41. The standard InChI is InChI=1S/C19H19FN2O4S/c1-19(2)17(18(21)23)16(11-4-6-12(20)7-5-11)14-9-8-13(10-15(14)26-19)22-27(3,24)25/h4-10,22H,1-3H3,(H2,21,23). The normalized spacial score (nSPS) is 15.7. The molecule has 0 spiro atoms. The SMILES string of the molecule is CC1(C)Oc2cc(NS(C)(=O)=O)ccc2C(c2ccc(F)cc2)=C1C(N)=O. The van der Waals surface area contributed by atoms with Crippen LogP contribution in [0.2, 0.25) is 0 Å². The van der Waals surface area contributed by atoms with Crippen LogP contribution in [0.15, 0.2) is 48.0 Å². The van der Waals surface area contributed by atoms with Crippen LogP contribution in [-0.2, 0) is 14.8 Å². The van der Waals surface area contributed by atoms with Crippen LogP contribution >= 0.6 is 0 Å². The summed E-state index contributed by atoms with van der Waals surface area (Å²) in [4.78, 5) is 12.2. The topological polar surface area (TPSA) is 98.5 Å². The average molecular weight is 390 g/mol. The Hall–Kier alpha value is -2.87. The van der Waals surface area contributed by atoms with Gasteiger partial charge in [0, 0.05) is 17.2 Å². The van der Waals surface area contributed by atoms with Crippen molar-refractivity contribution < 1.29 is 22.3 Å². The van der Waals surface area contributed by atoms with Gasteiger partial charge in [-0.2, -0.15) is 0 Å². The number of fused-ring (bicyclic) bond motifs is 1. The Morgan fingerprint density at radius 1 is 1.15 bits per heavy atom. The molecule has 2 aromatic rings. The number of carbonyl (C=O) groups excluding carboxylic acids is 1. The molecule has 1 aliphatic heterocycles. The van der Waals surface area contributed by atoms with Gasteiger partial charge in [0.05, 0.1) is 17.5 Å². The fourth-order valence-electron chi connectivity index (χ4n) is 3.19. The van der Waals surface area contributed by atoms with E-state index < -0.39 is 27.3 Å². The predicted octanol–water partition coefficient (Wildman–Crippen LogP) is 2.66. The lowest BCUT2D eigenvalue weighted by molar-refractivity contribution is -0.116. The first-order valence-corrected chi connectivity index (χ1v) is 9.99. The maximum Gasteiger partial charge on any atom is 0.249 e. The number of nitrogens with one attached hydrogen (secondary N) is 1. The molecule has 0 saturated carbocycles. The summed E-state index contributed by atoms with van der Waals surface area (Å²) in [5, 5.41) is 0. The Balaban J connectivity index is 2.26. The first-order chi connectivity index (χ1) is 12.5. The van der Waals surface area contributed by atoms with Gasteiger partial charge in [-0.15, -0.1) is 0 Å². The van der Waals surface area contributed by atoms with E-state index in [9.17, 15) is 17.6 Å². The van der Waals surface area contributed by atoms with Crippen molar-refractivity contribution in [3.05, 3.63) is 65.0 Å². The summed E-state index contributed by atoms with van der Waals surface area (Å²) >= 11 is 0. The van der Waals surface area contributed by atoms with Gasteiger partial charge < -0.3 is 10.5 Å². The molecule has 1 heterocycles. The van der Waals surface area contributed by atoms with Gasteiger partial charge in [-0.1, -0.05) is 12.1 Å². The van der Waals surface area contributed by atoms with Gasteiger partial charge in [-0.05, 0) is 43.7 Å². The zero-order valence-corrected chi connectivity index (χ0v) is 15.9. The van der Waals surface area contributed by atoms with Crippen LogP contribution in [0.3, 0.4) is 0 Å². The van der Waals surface area contributed by atoms with Gasteiger partial charge in [0.15, 0.2) is 0 Å². The van der Waals surface area contributed by atoms with Crippen molar-refractivity contribution in [3.8, 4) is 5.75 Å². The van der Waals surface area contributed by atoms with Gasteiger partial charge >= 0.3 is 0 Å². The first kappa shape index (κ1) is 18.9. The monoisotopic (exact) mass is 390 g/mol. The highest BCUT2D eigenvalue weighted by Gasteiger charge is 2.38. The Morgan fingerprint density at radius 2 is 1.78 bits per heavy atom. The Labute approximate surface area is 156 Å². The minimum absolute atomic E-state index is 0.255. The summed E-state index contributed by atoms with van der Waals surface area (Å²) in [6, 6.07) is 10.4. The van der Waals surface area contributed by atoms with Crippen LogP contribution < -0.4 is 15.2 Å². The number of rotatable bonds is 4. The Morgan fingerprint density at radius 3 is 2.33 bits per heavy atom. The maximum absolute atomic E-state index is 13.4. The highest BCUT2D eigenvalue weighted by Crippen LogP contribution is 2.44. The molecule has 0 radical (unpaired) electrons. The van der Waals surface area contributed by atoms with Crippen molar-refractivity contribution in [3.63, 3.8) is 0 Å². The molecule has 1 amide bonds. The van der Waals surface area contributed by atoms with E-state index in [0.29, 0.717) is 28.1 Å². The van der Waals surface area contributed by atoms with Crippen molar-refractivity contribution in [2.24, 2.45) is 5.73 Å². The fourth-order valence-corrected chi connectivity index (χ4v) is 3.74. The summed E-state index contributed by atoms with van der Waals surface area (Å²) in [6.07, 6.45) is 1.05. The molecule has 0 atom stereocenters. The molecule has 142 valence electrons. The molecule has 0 aromatic heterocycles. The van der Waals surface area contributed by atoms with E-state index in [0.717, 1.165) is 6.26 Å². The number of amides is 1. The second kappa shape index (κ2) is 6.38. The number of ether oxygens (including phenoxy) is 1. The van der Waals surface area contributed by atoms with E-state index in [1.165, 1.54) is 12.1 Å². The molecule has 0 bridgehead atoms. The van der Waals surface area contributed by atoms with Crippen molar-refractivity contribution in [1.29, 1.82) is 0 Å². The van der Waals surface area contributed by atoms with Gasteiger partial charge in [-0.3, -0.25) is 9.52 Å². The summed E-state index contributed by atoms with van der Waals surface area (Å²) in [5.41, 5.74) is 6.84. The molecule has 0 unspecified atom stereocenters. The van der Waals surface area contributed by atoms with Gasteiger partial charge in [0.25, 0.3) is 0 Å². The van der Waals surface area contributed by atoms with E-state index in [1.807, 2.05) is 0 Å². The summed E-state index contributed by atoms with van der Waals surface area (Å²) in [6.45, 7) is 3.38.